The van der Waals surface area contributed by atoms with Gasteiger partial charge in [-0.25, -0.2) is 8.42 Å². The molecule has 1 aromatic heterocycles. The average molecular weight is 449 g/mol. The van der Waals surface area contributed by atoms with Crippen LogP contribution in [0.5, 0.6) is 0 Å². The molecule has 0 saturated carbocycles. The number of pyridine rings is 1. The van der Waals surface area contributed by atoms with Gasteiger partial charge in [-0.1, -0.05) is 26.8 Å². The topological polar surface area (TPSA) is 118 Å². The van der Waals surface area contributed by atoms with E-state index < -0.39 is 21.5 Å². The SMILES string of the molecule is CCCNC(=O)c1cccc(NC(=O)Cn2cc(S(=O)(=O)N(CC)CC)ccc2=O)c1. The van der Waals surface area contributed by atoms with Crippen molar-refractivity contribution in [3.8, 4) is 0 Å². The van der Waals surface area contributed by atoms with Crippen LogP contribution in [0.2, 0.25) is 0 Å². The average Bonchev–Trinajstić information content (AvgIpc) is 2.74. The van der Waals surface area contributed by atoms with E-state index in [0.29, 0.717) is 30.9 Å². The molecule has 2 amide bonds. The van der Waals surface area contributed by atoms with E-state index in [1.54, 1.807) is 32.0 Å². The number of amides is 2. The standard InChI is InChI=1S/C21H28N4O5S/c1-4-12-22-21(28)16-8-7-9-17(13-16)23-19(26)15-24-14-18(10-11-20(24)27)31(29,30)25(5-2)6-3/h7-11,13-14H,4-6,12,15H2,1-3H3,(H,22,28)(H,23,26). The zero-order valence-electron chi connectivity index (χ0n) is 17.9. The molecule has 31 heavy (non-hydrogen) atoms. The van der Waals surface area contributed by atoms with Crippen LogP contribution in [-0.4, -0.2) is 48.7 Å². The fourth-order valence-electron chi connectivity index (χ4n) is 2.93. The fourth-order valence-corrected chi connectivity index (χ4v) is 4.41. The molecule has 1 aromatic carbocycles. The lowest BCUT2D eigenvalue weighted by Gasteiger charge is -2.19. The maximum Gasteiger partial charge on any atom is 0.251 e. The normalized spacial score (nSPS) is 11.4. The molecule has 0 spiro atoms. The number of sulfonamides is 1. The highest BCUT2D eigenvalue weighted by Gasteiger charge is 2.22. The van der Waals surface area contributed by atoms with Crippen molar-refractivity contribution >= 4 is 27.5 Å². The van der Waals surface area contributed by atoms with Gasteiger partial charge >= 0.3 is 0 Å². The molecule has 10 heteroatoms. The van der Waals surface area contributed by atoms with Crippen LogP contribution in [0.4, 0.5) is 5.69 Å². The molecule has 0 fully saturated rings. The van der Waals surface area contributed by atoms with E-state index >= 15 is 0 Å². The summed E-state index contributed by atoms with van der Waals surface area (Å²) in [6.07, 6.45) is 1.98. The predicted octanol–water partition coefficient (Wildman–Crippen LogP) is 1.66. The third-order valence-electron chi connectivity index (χ3n) is 4.56. The van der Waals surface area contributed by atoms with Crippen LogP contribution >= 0.6 is 0 Å². The number of hydrogen-bond donors (Lipinski definition) is 2. The van der Waals surface area contributed by atoms with Gasteiger partial charge in [0.15, 0.2) is 0 Å². The lowest BCUT2D eigenvalue weighted by molar-refractivity contribution is -0.116. The summed E-state index contributed by atoms with van der Waals surface area (Å²) in [6.45, 7) is 6.16. The number of carbonyl (C=O) groups excluding carboxylic acids is 2. The van der Waals surface area contributed by atoms with Crippen molar-refractivity contribution in [2.45, 2.75) is 38.6 Å². The Labute approximate surface area is 182 Å². The van der Waals surface area contributed by atoms with E-state index in [1.807, 2.05) is 6.92 Å². The van der Waals surface area contributed by atoms with Crippen molar-refractivity contribution in [2.24, 2.45) is 0 Å². The van der Waals surface area contributed by atoms with Gasteiger partial charge in [-0.3, -0.25) is 14.4 Å². The van der Waals surface area contributed by atoms with Crippen LogP contribution in [0.1, 0.15) is 37.6 Å². The molecule has 0 aliphatic heterocycles. The number of rotatable bonds is 10. The second kappa shape index (κ2) is 10.9. The molecule has 0 radical (unpaired) electrons. The third-order valence-corrected chi connectivity index (χ3v) is 6.59. The highest BCUT2D eigenvalue weighted by molar-refractivity contribution is 7.89. The summed E-state index contributed by atoms with van der Waals surface area (Å²) in [5.41, 5.74) is 0.297. The van der Waals surface area contributed by atoms with Gasteiger partial charge in [0.25, 0.3) is 11.5 Å². The van der Waals surface area contributed by atoms with Gasteiger partial charge in [0.1, 0.15) is 6.54 Å². The van der Waals surface area contributed by atoms with E-state index in [-0.39, 0.29) is 17.3 Å². The minimum Gasteiger partial charge on any atom is -0.352 e. The van der Waals surface area contributed by atoms with Gasteiger partial charge in [0, 0.05) is 43.1 Å². The molecule has 0 aliphatic rings. The van der Waals surface area contributed by atoms with Crippen LogP contribution in [-0.2, 0) is 21.4 Å². The zero-order valence-corrected chi connectivity index (χ0v) is 18.7. The van der Waals surface area contributed by atoms with Gasteiger partial charge in [-0.2, -0.15) is 4.31 Å². The van der Waals surface area contributed by atoms with Crippen LogP contribution in [0.15, 0.2) is 52.3 Å². The first-order valence-corrected chi connectivity index (χ1v) is 11.6. The number of nitrogens with one attached hydrogen (secondary N) is 2. The summed E-state index contributed by atoms with van der Waals surface area (Å²) in [6, 6.07) is 8.79. The number of benzene rings is 1. The first-order chi connectivity index (χ1) is 14.7. The van der Waals surface area contributed by atoms with Crippen LogP contribution in [0.3, 0.4) is 0 Å². The van der Waals surface area contributed by atoms with Gasteiger partial charge in [-0.05, 0) is 30.7 Å². The fraction of sp³-hybridized carbons (Fsp3) is 0.381. The molecular weight excluding hydrogens is 420 g/mol. The minimum absolute atomic E-state index is 0.0572. The lowest BCUT2D eigenvalue weighted by Crippen LogP contribution is -2.33. The molecular formula is C21H28N4O5S. The minimum atomic E-state index is -3.76. The molecule has 2 aromatic rings. The summed E-state index contributed by atoms with van der Waals surface area (Å²) in [5.74, 6) is -0.769. The summed E-state index contributed by atoms with van der Waals surface area (Å²) in [7, 11) is -3.76. The summed E-state index contributed by atoms with van der Waals surface area (Å²) >= 11 is 0. The Balaban J connectivity index is 2.18. The predicted molar refractivity (Wildman–Crippen MR) is 119 cm³/mol. The number of hydrogen-bond acceptors (Lipinski definition) is 5. The van der Waals surface area contributed by atoms with Gasteiger partial charge in [0.05, 0.1) is 4.90 Å². The van der Waals surface area contributed by atoms with Crippen molar-refractivity contribution < 1.29 is 18.0 Å². The number of aromatic nitrogens is 1. The Morgan fingerprint density at radius 3 is 2.42 bits per heavy atom. The number of carbonyl (C=O) groups is 2. The first-order valence-electron chi connectivity index (χ1n) is 10.1. The largest absolute Gasteiger partial charge is 0.352 e. The van der Waals surface area contributed by atoms with E-state index in [0.717, 1.165) is 17.1 Å². The first kappa shape index (κ1) is 24.3. The Bertz CT molecular complexity index is 1090. The molecule has 0 atom stereocenters. The van der Waals surface area contributed by atoms with Crippen LogP contribution in [0, 0.1) is 0 Å². The molecule has 9 nitrogen and oxygen atoms in total. The van der Waals surface area contributed by atoms with Crippen LogP contribution in [0.25, 0.3) is 0 Å². The summed E-state index contributed by atoms with van der Waals surface area (Å²) < 4.78 is 27.7. The Kier molecular flexibility index (Phi) is 8.52. The third kappa shape index (κ3) is 6.25. The Morgan fingerprint density at radius 2 is 1.77 bits per heavy atom. The van der Waals surface area contributed by atoms with Gasteiger partial charge in [0.2, 0.25) is 15.9 Å². The second-order valence-corrected chi connectivity index (χ2v) is 8.74. The van der Waals surface area contributed by atoms with Crippen molar-refractivity contribution in [3.05, 3.63) is 58.5 Å². The molecule has 0 aliphatic carbocycles. The van der Waals surface area contributed by atoms with Crippen molar-refractivity contribution in [2.75, 3.05) is 25.0 Å². The quantitative estimate of drug-likeness (QED) is 0.573. The Hall–Kier alpha value is -2.98. The molecule has 1 heterocycles. The molecule has 2 N–H and O–H groups in total. The summed E-state index contributed by atoms with van der Waals surface area (Å²) in [5, 5.41) is 5.39. The monoisotopic (exact) mass is 448 g/mol. The molecule has 168 valence electrons. The highest BCUT2D eigenvalue weighted by Crippen LogP contribution is 2.14. The maximum absolute atomic E-state index is 12.7. The van der Waals surface area contributed by atoms with Crippen molar-refractivity contribution in [3.63, 3.8) is 0 Å². The van der Waals surface area contributed by atoms with Gasteiger partial charge in [-0.15, -0.1) is 0 Å². The second-order valence-electron chi connectivity index (χ2n) is 6.81. The molecule has 0 unspecified atom stereocenters. The number of anilines is 1. The Morgan fingerprint density at radius 1 is 1.06 bits per heavy atom. The van der Waals surface area contributed by atoms with Gasteiger partial charge < -0.3 is 15.2 Å². The zero-order chi connectivity index (χ0) is 23.0. The number of nitrogens with zero attached hydrogens (tertiary/aromatic N) is 2. The van der Waals surface area contributed by atoms with Crippen molar-refractivity contribution in [1.29, 1.82) is 0 Å². The molecule has 0 bridgehead atoms. The van der Waals surface area contributed by atoms with E-state index in [4.69, 9.17) is 0 Å². The van der Waals surface area contributed by atoms with E-state index in [2.05, 4.69) is 10.6 Å². The summed E-state index contributed by atoms with van der Waals surface area (Å²) in [4.78, 5) is 36.6. The van der Waals surface area contributed by atoms with E-state index in [1.165, 1.54) is 22.6 Å². The van der Waals surface area contributed by atoms with Crippen LogP contribution < -0.4 is 16.2 Å². The lowest BCUT2D eigenvalue weighted by atomic mass is 10.2. The smallest absolute Gasteiger partial charge is 0.251 e. The molecule has 2 rings (SSSR count). The van der Waals surface area contributed by atoms with Crippen molar-refractivity contribution in [1.82, 2.24) is 14.2 Å². The van der Waals surface area contributed by atoms with E-state index in [9.17, 15) is 22.8 Å². The highest BCUT2D eigenvalue weighted by atomic mass is 32.2. The maximum atomic E-state index is 12.7. The molecule has 0 saturated heterocycles.